The van der Waals surface area contributed by atoms with E-state index < -0.39 is 18.0 Å². The van der Waals surface area contributed by atoms with Crippen LogP contribution in [0.2, 0.25) is 0 Å². The number of hydrogen-bond acceptors (Lipinski definition) is 3. The maximum absolute atomic E-state index is 12.7. The molecule has 29 heavy (non-hydrogen) atoms. The van der Waals surface area contributed by atoms with Crippen LogP contribution in [-0.2, 0) is 16.0 Å². The van der Waals surface area contributed by atoms with E-state index in [-0.39, 0.29) is 6.42 Å². The van der Waals surface area contributed by atoms with Crippen molar-refractivity contribution in [2.45, 2.75) is 18.9 Å². The molecule has 4 rings (SSSR count). The largest absolute Gasteiger partial charge is 0.481 e. The number of aliphatic carboxylic acids is 1. The lowest BCUT2D eigenvalue weighted by molar-refractivity contribution is -0.139. The highest BCUT2D eigenvalue weighted by Crippen LogP contribution is 2.20. The molecule has 0 heterocycles. The van der Waals surface area contributed by atoms with Crippen molar-refractivity contribution < 1.29 is 19.4 Å². The first-order valence-corrected chi connectivity index (χ1v) is 9.48. The lowest BCUT2D eigenvalue weighted by atomic mass is 10.0. The van der Waals surface area contributed by atoms with Crippen molar-refractivity contribution in [3.05, 3.63) is 96.1 Å². The highest BCUT2D eigenvalue weighted by Gasteiger charge is 2.20. The predicted molar refractivity (Wildman–Crippen MR) is 113 cm³/mol. The first kappa shape index (κ1) is 18.7. The molecule has 0 radical (unpaired) electrons. The van der Waals surface area contributed by atoms with Gasteiger partial charge in [-0.05, 0) is 39.2 Å². The average Bonchev–Trinajstić information content (AvgIpc) is 2.72. The van der Waals surface area contributed by atoms with Gasteiger partial charge in [0.05, 0.1) is 12.0 Å². The summed E-state index contributed by atoms with van der Waals surface area (Å²) in [4.78, 5) is 24.0. The molecule has 0 saturated carbocycles. The third-order valence-electron chi connectivity index (χ3n) is 4.94. The van der Waals surface area contributed by atoms with Gasteiger partial charge in [-0.3, -0.25) is 4.79 Å². The van der Waals surface area contributed by atoms with Gasteiger partial charge in [-0.2, -0.15) is 0 Å². The Hall–Kier alpha value is -3.66. The van der Waals surface area contributed by atoms with Gasteiger partial charge in [0.25, 0.3) is 0 Å². The average molecular weight is 384 g/mol. The maximum atomic E-state index is 12.7. The summed E-state index contributed by atoms with van der Waals surface area (Å²) in [6, 6.07) is 27.0. The Kier molecular flexibility index (Phi) is 5.25. The van der Waals surface area contributed by atoms with Gasteiger partial charge >= 0.3 is 11.9 Å². The number of ether oxygens (including phenoxy) is 1. The van der Waals surface area contributed by atoms with Crippen molar-refractivity contribution in [1.29, 1.82) is 0 Å². The van der Waals surface area contributed by atoms with Gasteiger partial charge in [-0.1, -0.05) is 72.8 Å². The second-order valence-electron chi connectivity index (χ2n) is 7.07. The molecule has 0 saturated heterocycles. The highest BCUT2D eigenvalue weighted by molar-refractivity contribution is 5.95. The van der Waals surface area contributed by atoms with E-state index in [2.05, 4.69) is 0 Å². The third kappa shape index (κ3) is 4.43. The van der Waals surface area contributed by atoms with Gasteiger partial charge in [0.2, 0.25) is 0 Å². The van der Waals surface area contributed by atoms with Crippen LogP contribution in [0.1, 0.15) is 22.3 Å². The van der Waals surface area contributed by atoms with E-state index in [1.807, 2.05) is 72.8 Å². The Morgan fingerprint density at radius 3 is 2.00 bits per heavy atom. The maximum Gasteiger partial charge on any atom is 0.338 e. The molecule has 4 heteroatoms. The fourth-order valence-corrected chi connectivity index (χ4v) is 3.51. The molecule has 4 nitrogen and oxygen atoms in total. The molecular weight excluding hydrogens is 364 g/mol. The van der Waals surface area contributed by atoms with Gasteiger partial charge in [0, 0.05) is 6.42 Å². The molecule has 0 aliphatic carbocycles. The van der Waals surface area contributed by atoms with Crippen molar-refractivity contribution in [2.24, 2.45) is 0 Å². The van der Waals surface area contributed by atoms with Crippen LogP contribution in [-0.4, -0.2) is 23.1 Å². The van der Waals surface area contributed by atoms with Crippen LogP contribution in [0.15, 0.2) is 84.9 Å². The minimum atomic E-state index is -0.998. The number of carboxylic acid groups (broad SMARTS) is 1. The molecule has 0 aliphatic rings. The summed E-state index contributed by atoms with van der Waals surface area (Å²) in [5, 5.41) is 13.4. The standard InChI is InChI=1S/C25H20O4/c26-24(27)16-23(14-17-9-10-18-5-1-3-7-20(18)13-17)29-25(28)22-12-11-19-6-2-4-8-21(19)15-22/h1-13,15,23H,14,16H2,(H,26,27). The fourth-order valence-electron chi connectivity index (χ4n) is 3.51. The smallest absolute Gasteiger partial charge is 0.338 e. The highest BCUT2D eigenvalue weighted by atomic mass is 16.5. The normalized spacial score (nSPS) is 12.0. The molecule has 1 unspecified atom stereocenters. The Labute approximate surface area is 168 Å². The fraction of sp³-hybridized carbons (Fsp3) is 0.120. The van der Waals surface area contributed by atoms with E-state index in [1.165, 1.54) is 0 Å². The monoisotopic (exact) mass is 384 g/mol. The minimum Gasteiger partial charge on any atom is -0.481 e. The molecular formula is C25H20O4. The van der Waals surface area contributed by atoms with Gasteiger partial charge in [-0.15, -0.1) is 0 Å². The molecule has 1 N–H and O–H groups in total. The van der Waals surface area contributed by atoms with Gasteiger partial charge in [0.15, 0.2) is 0 Å². The zero-order valence-corrected chi connectivity index (χ0v) is 15.7. The topological polar surface area (TPSA) is 63.6 Å². The second-order valence-corrected chi connectivity index (χ2v) is 7.07. The van der Waals surface area contributed by atoms with E-state index >= 15 is 0 Å². The number of carbonyl (C=O) groups is 2. The second kappa shape index (κ2) is 8.15. The molecule has 0 bridgehead atoms. The van der Waals surface area contributed by atoms with Gasteiger partial charge in [0.1, 0.15) is 6.10 Å². The van der Waals surface area contributed by atoms with Crippen molar-refractivity contribution in [3.8, 4) is 0 Å². The van der Waals surface area contributed by atoms with Crippen LogP contribution in [0, 0.1) is 0 Å². The molecule has 0 fully saturated rings. The number of fused-ring (bicyclic) bond motifs is 2. The van der Waals surface area contributed by atoms with Crippen molar-refractivity contribution >= 4 is 33.5 Å². The van der Waals surface area contributed by atoms with Crippen LogP contribution < -0.4 is 0 Å². The number of esters is 1. The number of hydrogen-bond donors (Lipinski definition) is 1. The van der Waals surface area contributed by atoms with Crippen molar-refractivity contribution in [3.63, 3.8) is 0 Å². The SMILES string of the molecule is O=C(O)CC(Cc1ccc2ccccc2c1)OC(=O)c1ccc2ccccc2c1. The summed E-state index contributed by atoms with van der Waals surface area (Å²) in [6.07, 6.45) is -0.643. The lowest BCUT2D eigenvalue weighted by Gasteiger charge is -2.17. The number of carboxylic acids is 1. The summed E-state index contributed by atoms with van der Waals surface area (Å²) in [5.41, 5.74) is 1.35. The third-order valence-corrected chi connectivity index (χ3v) is 4.94. The first-order chi connectivity index (χ1) is 14.1. The van der Waals surface area contributed by atoms with Crippen LogP contribution in [0.25, 0.3) is 21.5 Å². The quantitative estimate of drug-likeness (QED) is 0.462. The number of rotatable bonds is 6. The summed E-state index contributed by atoms with van der Waals surface area (Å²) in [5.74, 6) is -1.51. The Balaban J connectivity index is 1.55. The van der Waals surface area contributed by atoms with Crippen LogP contribution in [0.3, 0.4) is 0 Å². The van der Waals surface area contributed by atoms with E-state index in [0.717, 1.165) is 27.1 Å². The van der Waals surface area contributed by atoms with Crippen LogP contribution >= 0.6 is 0 Å². The molecule has 0 aromatic heterocycles. The molecule has 0 amide bonds. The summed E-state index contributed by atoms with van der Waals surface area (Å²) in [6.45, 7) is 0. The van der Waals surface area contributed by atoms with Crippen molar-refractivity contribution in [2.75, 3.05) is 0 Å². The van der Waals surface area contributed by atoms with Crippen LogP contribution in [0.4, 0.5) is 0 Å². The van der Waals surface area contributed by atoms with E-state index in [4.69, 9.17) is 4.74 Å². The van der Waals surface area contributed by atoms with Crippen molar-refractivity contribution in [1.82, 2.24) is 0 Å². The molecule has 4 aromatic rings. The molecule has 4 aromatic carbocycles. The van der Waals surface area contributed by atoms with Gasteiger partial charge in [-0.25, -0.2) is 4.79 Å². The summed E-state index contributed by atoms with van der Waals surface area (Å²) in [7, 11) is 0. The number of carbonyl (C=O) groups excluding carboxylic acids is 1. The van der Waals surface area contributed by atoms with Crippen LogP contribution in [0.5, 0.6) is 0 Å². The molecule has 0 spiro atoms. The van der Waals surface area contributed by atoms with Gasteiger partial charge < -0.3 is 9.84 Å². The van der Waals surface area contributed by atoms with E-state index in [1.54, 1.807) is 12.1 Å². The van der Waals surface area contributed by atoms with E-state index in [0.29, 0.717) is 12.0 Å². The zero-order chi connectivity index (χ0) is 20.2. The predicted octanol–water partition coefficient (Wildman–Crippen LogP) is 5.24. The Bertz CT molecular complexity index is 1200. The van der Waals surface area contributed by atoms with E-state index in [9.17, 15) is 14.7 Å². The first-order valence-electron chi connectivity index (χ1n) is 9.48. The zero-order valence-electron chi connectivity index (χ0n) is 15.7. The molecule has 0 aliphatic heterocycles. The summed E-state index contributed by atoms with van der Waals surface area (Å²) < 4.78 is 5.59. The molecule has 144 valence electrons. The lowest BCUT2D eigenvalue weighted by Crippen LogP contribution is -2.24. The Morgan fingerprint density at radius 2 is 1.34 bits per heavy atom. The molecule has 1 atom stereocenters. The minimum absolute atomic E-state index is 0.244. The summed E-state index contributed by atoms with van der Waals surface area (Å²) >= 11 is 0. The Morgan fingerprint density at radius 1 is 0.759 bits per heavy atom. The number of benzene rings is 4.